The van der Waals surface area contributed by atoms with E-state index in [0.29, 0.717) is 12.0 Å². The van der Waals surface area contributed by atoms with Gasteiger partial charge in [-0.25, -0.2) is 0 Å². The summed E-state index contributed by atoms with van der Waals surface area (Å²) in [4.78, 5) is 0. The summed E-state index contributed by atoms with van der Waals surface area (Å²) < 4.78 is 12.4. The quantitative estimate of drug-likeness (QED) is 0.733. The van der Waals surface area contributed by atoms with Gasteiger partial charge in [-0.05, 0) is 42.8 Å². The second kappa shape index (κ2) is 4.26. The predicted octanol–water partition coefficient (Wildman–Crippen LogP) is 4.96. The van der Waals surface area contributed by atoms with Crippen LogP contribution in [0.2, 0.25) is 18.1 Å². The molecule has 1 aliphatic heterocycles. The van der Waals surface area contributed by atoms with Gasteiger partial charge in [-0.3, -0.25) is 0 Å². The van der Waals surface area contributed by atoms with E-state index < -0.39 is 8.32 Å². The zero-order valence-electron chi connectivity index (χ0n) is 13.5. The lowest BCUT2D eigenvalue weighted by Gasteiger charge is -2.36. The third-order valence-electron chi connectivity index (χ3n) is 5.35. The Morgan fingerprint density at radius 3 is 2.55 bits per heavy atom. The van der Waals surface area contributed by atoms with E-state index in [1.165, 1.54) is 12.0 Å². The van der Waals surface area contributed by atoms with Gasteiger partial charge in [0.1, 0.15) is 17.6 Å². The van der Waals surface area contributed by atoms with Crippen LogP contribution in [-0.2, 0) is 0 Å². The number of fused-ring (bicyclic) bond motifs is 3. The minimum absolute atomic E-state index is 0.233. The highest BCUT2D eigenvalue weighted by Gasteiger charge is 2.57. The molecule has 3 atom stereocenters. The normalized spacial score (nSPS) is 27.6. The lowest BCUT2D eigenvalue weighted by atomic mass is 10.1. The van der Waals surface area contributed by atoms with Gasteiger partial charge in [-0.2, -0.15) is 0 Å². The van der Waals surface area contributed by atoms with Crippen molar-refractivity contribution in [3.63, 3.8) is 0 Å². The highest BCUT2D eigenvalue weighted by atomic mass is 28.4. The molecule has 0 unspecified atom stereocenters. The van der Waals surface area contributed by atoms with E-state index in [1.807, 2.05) is 0 Å². The van der Waals surface area contributed by atoms with Gasteiger partial charge in [-0.15, -0.1) is 0 Å². The predicted molar refractivity (Wildman–Crippen MR) is 85.2 cm³/mol. The largest absolute Gasteiger partial charge is 0.543 e. The summed E-state index contributed by atoms with van der Waals surface area (Å²) in [6.45, 7) is 13.7. The number of hydrogen-bond donors (Lipinski definition) is 0. The zero-order valence-corrected chi connectivity index (χ0v) is 14.5. The van der Waals surface area contributed by atoms with Crippen molar-refractivity contribution in [1.29, 1.82) is 0 Å². The third-order valence-corrected chi connectivity index (χ3v) is 9.71. The smallest absolute Gasteiger partial charge is 0.250 e. The van der Waals surface area contributed by atoms with Gasteiger partial charge in [0.2, 0.25) is 8.32 Å². The highest BCUT2D eigenvalue weighted by Crippen LogP contribution is 2.60. The van der Waals surface area contributed by atoms with Crippen LogP contribution in [0.15, 0.2) is 18.2 Å². The summed E-state index contributed by atoms with van der Waals surface area (Å²) in [5.74, 6) is 3.46. The molecule has 1 aromatic rings. The van der Waals surface area contributed by atoms with Gasteiger partial charge in [0.25, 0.3) is 0 Å². The monoisotopic (exact) mass is 290 g/mol. The molecular formula is C17H26O2Si. The Labute approximate surface area is 123 Å². The van der Waals surface area contributed by atoms with Crippen molar-refractivity contribution in [3.05, 3.63) is 23.8 Å². The van der Waals surface area contributed by atoms with Crippen LogP contribution in [0.25, 0.3) is 0 Å². The Hall–Kier alpha value is -0.963. The van der Waals surface area contributed by atoms with Crippen molar-refractivity contribution >= 4 is 8.32 Å². The number of benzene rings is 1. The number of rotatable bonds is 3. The summed E-state index contributed by atoms with van der Waals surface area (Å²) in [7, 11) is -1.75. The molecule has 1 aliphatic carbocycles. The van der Waals surface area contributed by atoms with Crippen LogP contribution in [0.3, 0.4) is 0 Å². The van der Waals surface area contributed by atoms with E-state index in [9.17, 15) is 0 Å². The molecule has 3 heteroatoms. The summed E-state index contributed by atoms with van der Waals surface area (Å²) in [5.41, 5.74) is 1.37. The van der Waals surface area contributed by atoms with Gasteiger partial charge in [0.05, 0.1) is 0 Å². The van der Waals surface area contributed by atoms with Crippen LogP contribution in [0.1, 0.15) is 45.6 Å². The zero-order chi connectivity index (χ0) is 14.7. The molecule has 0 bridgehead atoms. The van der Waals surface area contributed by atoms with Crippen LogP contribution in [0.4, 0.5) is 0 Å². The molecule has 2 nitrogen and oxygen atoms in total. The molecule has 0 radical (unpaired) electrons. The van der Waals surface area contributed by atoms with Crippen molar-refractivity contribution in [1.82, 2.24) is 0 Å². The molecule has 0 amide bonds. The van der Waals surface area contributed by atoms with Crippen LogP contribution in [0.5, 0.6) is 11.5 Å². The van der Waals surface area contributed by atoms with Gasteiger partial charge in [0, 0.05) is 17.4 Å². The first-order valence-corrected chi connectivity index (χ1v) is 10.6. The minimum Gasteiger partial charge on any atom is -0.543 e. The molecular weight excluding hydrogens is 264 g/mol. The fourth-order valence-electron chi connectivity index (χ4n) is 2.95. The Balaban J connectivity index is 1.82. The Morgan fingerprint density at radius 1 is 1.25 bits per heavy atom. The second-order valence-corrected chi connectivity index (χ2v) is 12.5. The molecule has 1 aromatic carbocycles. The molecule has 1 saturated carbocycles. The average Bonchev–Trinajstić information content (AvgIpc) is 2.90. The summed E-state index contributed by atoms with van der Waals surface area (Å²) >= 11 is 0. The second-order valence-electron chi connectivity index (χ2n) is 7.74. The maximum absolute atomic E-state index is 6.41. The lowest BCUT2D eigenvalue weighted by Crippen LogP contribution is -2.43. The average molecular weight is 290 g/mol. The van der Waals surface area contributed by atoms with E-state index in [0.717, 1.165) is 17.4 Å². The molecule has 0 N–H and O–H groups in total. The van der Waals surface area contributed by atoms with Gasteiger partial charge >= 0.3 is 0 Å². The van der Waals surface area contributed by atoms with E-state index in [1.54, 1.807) is 0 Å². The highest BCUT2D eigenvalue weighted by molar-refractivity contribution is 6.74. The summed E-state index contributed by atoms with van der Waals surface area (Å²) in [6, 6.07) is 6.40. The first-order chi connectivity index (χ1) is 9.24. The number of hydrogen-bond acceptors (Lipinski definition) is 2. The van der Waals surface area contributed by atoms with Crippen LogP contribution < -0.4 is 9.16 Å². The fraction of sp³-hybridized carbons (Fsp3) is 0.647. The third kappa shape index (κ3) is 2.07. The van der Waals surface area contributed by atoms with Crippen LogP contribution >= 0.6 is 0 Å². The van der Waals surface area contributed by atoms with E-state index in [-0.39, 0.29) is 5.04 Å². The number of ether oxygens (including phenoxy) is 1. The minimum atomic E-state index is -1.75. The van der Waals surface area contributed by atoms with Crippen molar-refractivity contribution in [2.75, 3.05) is 0 Å². The van der Waals surface area contributed by atoms with E-state index in [2.05, 4.69) is 59.0 Å². The van der Waals surface area contributed by atoms with Gasteiger partial charge in [0.15, 0.2) is 0 Å². The van der Waals surface area contributed by atoms with Gasteiger partial charge in [-0.1, -0.05) is 27.7 Å². The molecule has 1 fully saturated rings. The molecule has 20 heavy (non-hydrogen) atoms. The van der Waals surface area contributed by atoms with Crippen molar-refractivity contribution < 1.29 is 9.16 Å². The van der Waals surface area contributed by atoms with Crippen molar-refractivity contribution in [3.8, 4) is 11.5 Å². The first kappa shape index (κ1) is 14.0. The molecule has 0 saturated heterocycles. The van der Waals surface area contributed by atoms with Crippen LogP contribution in [-0.4, -0.2) is 14.4 Å². The van der Waals surface area contributed by atoms with Crippen molar-refractivity contribution in [2.24, 2.45) is 5.92 Å². The van der Waals surface area contributed by atoms with Gasteiger partial charge < -0.3 is 9.16 Å². The molecule has 0 aromatic heterocycles. The standard InChI is InChI=1S/C17H26O2Si/c1-7-12-15-13-10-11(8-9-14(13)18-16(12)15)19-20(5,6)17(2,3)4/h8-10,12,15-16H,7H2,1-6H3/t12-,15+,16-/m0/s1. The summed E-state index contributed by atoms with van der Waals surface area (Å²) in [5, 5.41) is 0.233. The molecule has 1 heterocycles. The molecule has 110 valence electrons. The van der Waals surface area contributed by atoms with Crippen molar-refractivity contribution in [2.45, 2.75) is 64.3 Å². The maximum Gasteiger partial charge on any atom is 0.250 e. The molecule has 2 aliphatic rings. The Kier molecular flexibility index (Phi) is 2.98. The fourth-order valence-corrected chi connectivity index (χ4v) is 3.97. The Morgan fingerprint density at radius 2 is 1.95 bits per heavy atom. The van der Waals surface area contributed by atoms with Crippen LogP contribution in [0, 0.1) is 5.92 Å². The lowest BCUT2D eigenvalue weighted by molar-refractivity contribution is 0.294. The first-order valence-electron chi connectivity index (χ1n) is 7.74. The topological polar surface area (TPSA) is 18.5 Å². The van der Waals surface area contributed by atoms with E-state index in [4.69, 9.17) is 9.16 Å². The summed E-state index contributed by atoms with van der Waals surface area (Å²) in [6.07, 6.45) is 1.65. The molecule has 0 spiro atoms. The maximum atomic E-state index is 6.41. The SMILES string of the molecule is CC[C@@H]1[C@@H]2Oc3ccc(O[Si](C)(C)C(C)(C)C)cc3[C@@H]12. The molecule has 3 rings (SSSR count). The van der Waals surface area contributed by atoms with E-state index >= 15 is 0 Å². The Bertz CT molecular complexity index is 530.